The summed E-state index contributed by atoms with van der Waals surface area (Å²) in [6.45, 7) is 6.68. The van der Waals surface area contributed by atoms with Gasteiger partial charge in [-0.3, -0.25) is 4.98 Å². The van der Waals surface area contributed by atoms with E-state index in [9.17, 15) is 9.59 Å². The Morgan fingerprint density at radius 3 is 2.61 bits per heavy atom. The summed E-state index contributed by atoms with van der Waals surface area (Å²) >= 11 is 0. The summed E-state index contributed by atoms with van der Waals surface area (Å²) in [4.78, 5) is 34.5. The van der Waals surface area contributed by atoms with Gasteiger partial charge in [0.05, 0.1) is 43.2 Å². The van der Waals surface area contributed by atoms with Crippen molar-refractivity contribution in [2.24, 2.45) is 5.92 Å². The van der Waals surface area contributed by atoms with E-state index in [1.54, 1.807) is 49.4 Å². The van der Waals surface area contributed by atoms with Crippen molar-refractivity contribution in [1.82, 2.24) is 15.2 Å². The first-order valence-corrected chi connectivity index (χ1v) is 15.3. The number of hydrogen-bond donors (Lipinski definition) is 2. The average molecular weight is 601 g/mol. The van der Waals surface area contributed by atoms with Gasteiger partial charge in [0.1, 0.15) is 5.56 Å². The fourth-order valence-electron chi connectivity index (χ4n) is 5.85. The van der Waals surface area contributed by atoms with E-state index in [4.69, 9.17) is 19.5 Å². The van der Waals surface area contributed by atoms with Crippen LogP contribution in [0.4, 0.5) is 16.2 Å². The standard InChI is InChI=1S/C33H40N6O5/c1-3-43-32(40)27-22-36-28-19-30(44-17-5-7-24-6-4-12-35-21-24)29(42-2)18-26(28)31(27)38-13-15-39(16-14-38)33(41)37-25-10-8-23(20-34)9-11-25/h8-11,18-19,22,24,35H,3-7,12-17,21H2,1-2H3,(H,37,41). The molecule has 0 radical (unpaired) electrons. The zero-order chi connectivity index (χ0) is 30.9. The largest absolute Gasteiger partial charge is 0.493 e. The monoisotopic (exact) mass is 600 g/mol. The van der Waals surface area contributed by atoms with E-state index < -0.39 is 5.97 Å². The number of aromatic nitrogens is 1. The Morgan fingerprint density at radius 1 is 1.14 bits per heavy atom. The van der Waals surface area contributed by atoms with E-state index in [1.165, 1.54) is 12.8 Å². The molecule has 1 unspecified atom stereocenters. The van der Waals surface area contributed by atoms with Gasteiger partial charge in [0.15, 0.2) is 11.5 Å². The maximum absolute atomic E-state index is 13.1. The number of anilines is 2. The second-order valence-electron chi connectivity index (χ2n) is 11.1. The van der Waals surface area contributed by atoms with Crippen LogP contribution < -0.4 is 25.0 Å². The lowest BCUT2D eigenvalue weighted by atomic mass is 9.95. The van der Waals surface area contributed by atoms with Gasteiger partial charge in [-0.05, 0) is 81.9 Å². The Bertz CT molecular complexity index is 1490. The van der Waals surface area contributed by atoms with E-state index >= 15 is 0 Å². The summed E-state index contributed by atoms with van der Waals surface area (Å²) in [6.07, 6.45) is 6.12. The molecule has 1 aromatic heterocycles. The maximum Gasteiger partial charge on any atom is 0.341 e. The maximum atomic E-state index is 13.1. The van der Waals surface area contributed by atoms with Crippen LogP contribution in [0.25, 0.3) is 10.9 Å². The van der Waals surface area contributed by atoms with Crippen molar-refractivity contribution in [2.75, 3.05) is 69.8 Å². The van der Waals surface area contributed by atoms with E-state index in [0.29, 0.717) is 78.2 Å². The summed E-state index contributed by atoms with van der Waals surface area (Å²) in [5, 5.41) is 16.1. The number of esters is 1. The van der Waals surface area contributed by atoms with E-state index in [0.717, 1.165) is 31.3 Å². The normalized spacial score (nSPS) is 16.7. The first-order chi connectivity index (χ1) is 21.5. The molecule has 2 aliphatic rings. The number of rotatable bonds is 10. The number of benzene rings is 2. The number of nitrogens with one attached hydrogen (secondary N) is 2. The molecule has 3 heterocycles. The van der Waals surface area contributed by atoms with E-state index in [2.05, 4.69) is 26.6 Å². The summed E-state index contributed by atoms with van der Waals surface area (Å²) in [7, 11) is 1.61. The number of ether oxygens (including phenoxy) is 3. The lowest BCUT2D eigenvalue weighted by molar-refractivity contribution is 0.0526. The minimum atomic E-state index is -0.450. The zero-order valence-electron chi connectivity index (χ0n) is 25.4. The third-order valence-corrected chi connectivity index (χ3v) is 8.18. The molecule has 0 aliphatic carbocycles. The fourth-order valence-corrected chi connectivity index (χ4v) is 5.85. The lowest BCUT2D eigenvalue weighted by Crippen LogP contribution is -2.50. The van der Waals surface area contributed by atoms with Crippen LogP contribution in [0.1, 0.15) is 48.5 Å². The molecule has 0 saturated carbocycles. The summed E-state index contributed by atoms with van der Waals surface area (Å²) in [5.74, 6) is 1.43. The number of pyridine rings is 1. The Balaban J connectivity index is 1.32. The molecule has 0 spiro atoms. The number of piperidine rings is 1. The highest BCUT2D eigenvalue weighted by Gasteiger charge is 2.28. The number of carbonyl (C=O) groups excluding carboxylic acids is 2. The lowest BCUT2D eigenvalue weighted by Gasteiger charge is -2.37. The van der Waals surface area contributed by atoms with Crippen molar-refractivity contribution in [2.45, 2.75) is 32.6 Å². The van der Waals surface area contributed by atoms with Gasteiger partial charge in [-0.15, -0.1) is 0 Å². The highest BCUT2D eigenvalue weighted by molar-refractivity contribution is 6.06. The van der Waals surface area contributed by atoms with Gasteiger partial charge in [-0.25, -0.2) is 9.59 Å². The molecule has 2 aromatic carbocycles. The Morgan fingerprint density at radius 2 is 1.93 bits per heavy atom. The van der Waals surface area contributed by atoms with Crippen LogP contribution in [0.3, 0.4) is 0 Å². The molecule has 2 N–H and O–H groups in total. The molecular formula is C33H40N6O5. The van der Waals surface area contributed by atoms with Gasteiger partial charge in [0.2, 0.25) is 0 Å². The minimum absolute atomic E-state index is 0.220. The number of piperazine rings is 1. The SMILES string of the molecule is CCOC(=O)c1cnc2cc(OCCCC3CCCNC3)c(OC)cc2c1N1CCN(C(=O)Nc2ccc(C#N)cc2)CC1. The number of carbonyl (C=O) groups is 2. The van der Waals surface area contributed by atoms with Gasteiger partial charge >= 0.3 is 12.0 Å². The minimum Gasteiger partial charge on any atom is -0.493 e. The Kier molecular flexibility index (Phi) is 10.4. The predicted molar refractivity (Wildman–Crippen MR) is 169 cm³/mol. The van der Waals surface area contributed by atoms with Crippen molar-refractivity contribution in [3.63, 3.8) is 0 Å². The molecule has 232 valence electrons. The molecule has 5 rings (SSSR count). The van der Waals surface area contributed by atoms with Crippen LogP contribution in [0.2, 0.25) is 0 Å². The molecule has 1 atom stereocenters. The van der Waals surface area contributed by atoms with Crippen molar-refractivity contribution in [1.29, 1.82) is 5.26 Å². The van der Waals surface area contributed by atoms with Crippen molar-refractivity contribution >= 4 is 34.3 Å². The predicted octanol–water partition coefficient (Wildman–Crippen LogP) is 4.80. The highest BCUT2D eigenvalue weighted by atomic mass is 16.5. The number of methoxy groups -OCH3 is 1. The second kappa shape index (κ2) is 14.8. The summed E-state index contributed by atoms with van der Waals surface area (Å²) in [6, 6.07) is 12.4. The Labute approximate surface area is 258 Å². The molecule has 2 amide bonds. The highest BCUT2D eigenvalue weighted by Crippen LogP contribution is 2.38. The average Bonchev–Trinajstić information content (AvgIpc) is 3.06. The van der Waals surface area contributed by atoms with Crippen LogP contribution >= 0.6 is 0 Å². The first-order valence-electron chi connectivity index (χ1n) is 15.3. The molecule has 2 saturated heterocycles. The van der Waals surface area contributed by atoms with Crippen molar-refractivity contribution in [3.05, 3.63) is 53.7 Å². The molecule has 3 aromatic rings. The quantitative estimate of drug-likeness (QED) is 0.249. The van der Waals surface area contributed by atoms with Crippen LogP contribution in [-0.4, -0.2) is 81.5 Å². The smallest absolute Gasteiger partial charge is 0.341 e. The van der Waals surface area contributed by atoms with Gasteiger partial charge < -0.3 is 34.6 Å². The van der Waals surface area contributed by atoms with Crippen molar-refractivity contribution in [3.8, 4) is 17.6 Å². The van der Waals surface area contributed by atoms with Crippen LogP contribution in [0.5, 0.6) is 11.5 Å². The molecule has 0 bridgehead atoms. The zero-order valence-corrected chi connectivity index (χ0v) is 25.4. The van der Waals surface area contributed by atoms with Crippen LogP contribution in [-0.2, 0) is 4.74 Å². The number of fused-ring (bicyclic) bond motifs is 1. The molecule has 11 nitrogen and oxygen atoms in total. The third kappa shape index (κ3) is 7.32. The number of nitriles is 1. The van der Waals surface area contributed by atoms with Gasteiger partial charge in [0, 0.05) is 49.5 Å². The number of urea groups is 1. The van der Waals surface area contributed by atoms with Gasteiger partial charge in [0.25, 0.3) is 0 Å². The van der Waals surface area contributed by atoms with Crippen LogP contribution in [0, 0.1) is 17.2 Å². The van der Waals surface area contributed by atoms with Crippen LogP contribution in [0.15, 0.2) is 42.6 Å². The summed E-state index contributed by atoms with van der Waals surface area (Å²) < 4.78 is 17.3. The van der Waals surface area contributed by atoms with Crippen molar-refractivity contribution < 1.29 is 23.8 Å². The summed E-state index contributed by atoms with van der Waals surface area (Å²) in [5.41, 5.74) is 2.90. The topological polar surface area (TPSA) is 129 Å². The molecular weight excluding hydrogens is 560 g/mol. The molecule has 44 heavy (non-hydrogen) atoms. The number of nitrogens with zero attached hydrogens (tertiary/aromatic N) is 4. The number of amides is 2. The molecule has 2 aliphatic heterocycles. The van der Waals surface area contributed by atoms with Gasteiger partial charge in [-0.1, -0.05) is 0 Å². The first kappa shape index (κ1) is 30.9. The van der Waals surface area contributed by atoms with E-state index in [1.807, 2.05) is 12.1 Å². The fraction of sp³-hybridized carbons (Fsp3) is 0.455. The molecule has 11 heteroatoms. The Hall–Kier alpha value is -4.56. The third-order valence-electron chi connectivity index (χ3n) is 8.18. The number of hydrogen-bond acceptors (Lipinski definition) is 9. The van der Waals surface area contributed by atoms with E-state index in [-0.39, 0.29) is 12.6 Å². The second-order valence-corrected chi connectivity index (χ2v) is 11.1. The van der Waals surface area contributed by atoms with Gasteiger partial charge in [-0.2, -0.15) is 5.26 Å². The molecule has 2 fully saturated rings.